The second-order valence-electron chi connectivity index (χ2n) is 4.04. The average Bonchev–Trinajstić information content (AvgIpc) is 1.79. The van der Waals surface area contributed by atoms with Crippen LogP contribution in [0.2, 0.25) is 0 Å². The second kappa shape index (κ2) is 5.14. The van der Waals surface area contributed by atoms with Crippen molar-refractivity contribution in [3.05, 3.63) is 0 Å². The Bertz CT molecular complexity index is 263. The van der Waals surface area contributed by atoms with Gasteiger partial charge in [-0.3, -0.25) is 0 Å². The van der Waals surface area contributed by atoms with Crippen LogP contribution < -0.4 is 4.89 Å². The molecular formula is C7H17O4PS2. The molecule has 2 atom stereocenters. The zero-order chi connectivity index (χ0) is 11.6. The van der Waals surface area contributed by atoms with Gasteiger partial charge >= 0.3 is 6.72 Å². The van der Waals surface area contributed by atoms with Gasteiger partial charge in [-0.2, -0.15) is 0 Å². The molecule has 0 rings (SSSR count). The molecule has 1 N–H and O–H groups in total. The highest BCUT2D eigenvalue weighted by Crippen LogP contribution is 2.38. The molecular weight excluding hydrogens is 243 g/mol. The van der Waals surface area contributed by atoms with E-state index in [1.54, 1.807) is 34.6 Å². The molecule has 0 aliphatic heterocycles. The molecule has 4 nitrogen and oxygen atoms in total. The van der Waals surface area contributed by atoms with Gasteiger partial charge in [0.25, 0.3) is 0 Å². The van der Waals surface area contributed by atoms with Gasteiger partial charge in [0.2, 0.25) is 0 Å². The first kappa shape index (κ1) is 14.7. The van der Waals surface area contributed by atoms with Gasteiger partial charge in [-0.05, 0) is 34.6 Å². The van der Waals surface area contributed by atoms with Crippen molar-refractivity contribution in [2.75, 3.05) is 0 Å². The lowest BCUT2D eigenvalue weighted by Gasteiger charge is -2.20. The largest absolute Gasteiger partial charge is 0.741 e. The fourth-order valence-corrected chi connectivity index (χ4v) is 5.15. The molecule has 0 heterocycles. The van der Waals surface area contributed by atoms with Gasteiger partial charge in [0.05, 0.1) is 4.75 Å². The second-order valence-corrected chi connectivity index (χ2v) is 10.4. The molecule has 7 heteroatoms. The summed E-state index contributed by atoms with van der Waals surface area (Å²) >= 11 is -1.76. The van der Waals surface area contributed by atoms with Crippen molar-refractivity contribution in [2.45, 2.75) is 44.6 Å². The van der Waals surface area contributed by atoms with E-state index in [1.165, 1.54) is 0 Å². The van der Waals surface area contributed by atoms with E-state index in [4.69, 9.17) is 0 Å². The van der Waals surface area contributed by atoms with Gasteiger partial charge < -0.3 is 9.79 Å². The maximum atomic E-state index is 11.4. The third kappa shape index (κ3) is 6.22. The molecule has 0 aromatic rings. The fourth-order valence-electron chi connectivity index (χ4n) is 0.481. The van der Waals surface area contributed by atoms with Crippen molar-refractivity contribution in [1.82, 2.24) is 0 Å². The van der Waals surface area contributed by atoms with Gasteiger partial charge in [-0.1, -0.05) is 0 Å². The maximum Gasteiger partial charge on any atom is 0.329 e. The van der Waals surface area contributed by atoms with E-state index in [0.29, 0.717) is 0 Å². The summed E-state index contributed by atoms with van der Waals surface area (Å²) in [6.07, 6.45) is 0. The van der Waals surface area contributed by atoms with Gasteiger partial charge in [0, 0.05) is 0 Å². The first-order chi connectivity index (χ1) is 6.04. The van der Waals surface area contributed by atoms with E-state index >= 15 is 0 Å². The molecule has 0 bridgehead atoms. The van der Waals surface area contributed by atoms with Crippen LogP contribution in [0, 0.1) is 0 Å². The minimum Gasteiger partial charge on any atom is -0.741 e. The molecule has 0 aliphatic carbocycles. The van der Waals surface area contributed by atoms with Gasteiger partial charge in [0.1, 0.15) is 0 Å². The van der Waals surface area contributed by atoms with Crippen LogP contribution in [0.1, 0.15) is 34.6 Å². The quantitative estimate of drug-likeness (QED) is 0.607. The molecule has 0 amide bonds. The summed E-state index contributed by atoms with van der Waals surface area (Å²) in [5, 5.41) is -0.0391. The zero-order valence-corrected chi connectivity index (χ0v) is 11.5. The Morgan fingerprint density at radius 3 is 2.21 bits per heavy atom. The number of hydrogen-bond donors (Lipinski definition) is 1. The molecule has 0 aliphatic rings. The third-order valence-electron chi connectivity index (χ3n) is 1.01. The van der Waals surface area contributed by atoms with Crippen LogP contribution >= 0.6 is 6.72 Å². The van der Waals surface area contributed by atoms with Gasteiger partial charge in [-0.25, -0.2) is 8.18 Å². The third-order valence-corrected chi connectivity index (χ3v) is 6.60. The van der Waals surface area contributed by atoms with Crippen LogP contribution in [-0.2, 0) is 26.0 Å². The lowest BCUT2D eigenvalue weighted by molar-refractivity contribution is -0.193. The van der Waals surface area contributed by atoms with Crippen LogP contribution in [0.5, 0.6) is 0 Å². The van der Waals surface area contributed by atoms with E-state index in [1.807, 2.05) is 0 Å². The maximum absolute atomic E-state index is 11.4. The molecule has 86 valence electrons. The zero-order valence-electron chi connectivity index (χ0n) is 9.01. The SMILES string of the molecule is CC(C)[S+]=P([O-])(O)OS(=O)C(C)(C)C. The lowest BCUT2D eigenvalue weighted by Crippen LogP contribution is -2.25. The number of hydrogen-bond acceptors (Lipinski definition) is 3. The lowest BCUT2D eigenvalue weighted by atomic mass is 10.3. The van der Waals surface area contributed by atoms with Crippen molar-refractivity contribution >= 4 is 28.7 Å². The highest BCUT2D eigenvalue weighted by molar-refractivity contribution is 8.18. The van der Waals surface area contributed by atoms with Crippen LogP contribution in [0.4, 0.5) is 0 Å². The van der Waals surface area contributed by atoms with Crippen molar-refractivity contribution in [3.63, 3.8) is 0 Å². The Kier molecular flexibility index (Phi) is 5.39. The molecule has 0 spiro atoms. The summed E-state index contributed by atoms with van der Waals surface area (Å²) in [7, 11) is 0.797. The normalized spacial score (nSPS) is 19.1. The Balaban J connectivity index is 4.61. The summed E-state index contributed by atoms with van der Waals surface area (Å²) in [6.45, 7) is 4.82. The Morgan fingerprint density at radius 1 is 1.50 bits per heavy atom. The van der Waals surface area contributed by atoms with Crippen molar-refractivity contribution in [2.24, 2.45) is 0 Å². The fraction of sp³-hybridized carbons (Fsp3) is 1.00. The topological polar surface area (TPSA) is 69.6 Å². The highest BCUT2D eigenvalue weighted by atomic mass is 32.5. The summed E-state index contributed by atoms with van der Waals surface area (Å²) in [4.78, 5) is 20.7. The van der Waals surface area contributed by atoms with Crippen LogP contribution in [0.25, 0.3) is 0 Å². The summed E-state index contributed by atoms with van der Waals surface area (Å²) < 4.78 is 15.4. The minimum atomic E-state index is -3.78. The predicted octanol–water partition coefficient (Wildman–Crippen LogP) is 0.986. The predicted molar refractivity (Wildman–Crippen MR) is 60.6 cm³/mol. The number of rotatable bonds is 3. The van der Waals surface area contributed by atoms with E-state index in [-0.39, 0.29) is 5.25 Å². The van der Waals surface area contributed by atoms with Crippen LogP contribution in [0.3, 0.4) is 0 Å². The van der Waals surface area contributed by atoms with E-state index in [0.717, 1.165) is 10.9 Å². The molecule has 0 fully saturated rings. The van der Waals surface area contributed by atoms with Gasteiger partial charge in [-0.15, -0.1) is 0 Å². The van der Waals surface area contributed by atoms with Crippen molar-refractivity contribution in [1.29, 1.82) is 0 Å². The molecule has 0 aromatic heterocycles. The van der Waals surface area contributed by atoms with Crippen molar-refractivity contribution < 1.29 is 18.0 Å². The monoisotopic (exact) mass is 260 g/mol. The van der Waals surface area contributed by atoms with Crippen molar-refractivity contribution in [3.8, 4) is 0 Å². The molecule has 0 aromatic carbocycles. The average molecular weight is 260 g/mol. The Hall–Kier alpha value is 0.680. The molecule has 0 saturated carbocycles. The molecule has 0 saturated heterocycles. The van der Waals surface area contributed by atoms with E-state index in [2.05, 4.69) is 3.97 Å². The molecule has 2 unspecified atom stereocenters. The van der Waals surface area contributed by atoms with E-state index in [9.17, 15) is 14.0 Å². The van der Waals surface area contributed by atoms with E-state index < -0.39 is 22.5 Å². The standard InChI is InChI=1S/C7H17O4PS2/c1-6(2)13-12(8,9)11-14(10)7(3,4)5/h6H,1-5H3,(H-,8,9). The summed E-state index contributed by atoms with van der Waals surface area (Å²) in [6, 6.07) is 0. The van der Waals surface area contributed by atoms with Crippen LogP contribution in [0.15, 0.2) is 0 Å². The first-order valence-electron chi connectivity index (χ1n) is 4.18. The summed E-state index contributed by atoms with van der Waals surface area (Å²) in [5.74, 6) is 0. The minimum absolute atomic E-state index is 0.0391. The smallest absolute Gasteiger partial charge is 0.329 e. The van der Waals surface area contributed by atoms with Gasteiger partial charge in [0.15, 0.2) is 27.3 Å². The Morgan fingerprint density at radius 2 is 1.93 bits per heavy atom. The summed E-state index contributed by atoms with van der Waals surface area (Å²) in [5.41, 5.74) is 0. The Labute approximate surface area is 91.6 Å². The molecule has 14 heavy (non-hydrogen) atoms. The highest BCUT2D eigenvalue weighted by Gasteiger charge is 2.28. The molecule has 0 radical (unpaired) electrons. The first-order valence-corrected chi connectivity index (χ1v) is 8.31. The van der Waals surface area contributed by atoms with Crippen LogP contribution in [-0.4, -0.2) is 19.1 Å².